The number of carbonyl (C=O) groups excluding carboxylic acids is 2. The molecule has 2 aromatic rings. The molecule has 0 atom stereocenters. The minimum atomic E-state index is -0.176. The summed E-state index contributed by atoms with van der Waals surface area (Å²) in [5.41, 5.74) is 1.10. The number of quaternary nitrogens is 1. The maximum atomic E-state index is 13.2. The summed E-state index contributed by atoms with van der Waals surface area (Å²) in [6.45, 7) is 6.78. The third-order valence-electron chi connectivity index (χ3n) is 5.95. The van der Waals surface area contributed by atoms with Crippen LogP contribution in [-0.4, -0.2) is 60.3 Å². The first kappa shape index (κ1) is 26.0. The molecular formula is C25H34Br2N2O2. The van der Waals surface area contributed by atoms with Gasteiger partial charge in [-0.25, -0.2) is 0 Å². The summed E-state index contributed by atoms with van der Waals surface area (Å²) >= 11 is 3.49. The molecule has 1 heterocycles. The molecule has 0 aromatic heterocycles. The Kier molecular flexibility index (Phi) is 8.88. The molecule has 0 aliphatic carbocycles. The lowest BCUT2D eigenvalue weighted by atomic mass is 9.88. The van der Waals surface area contributed by atoms with Crippen LogP contribution in [0.3, 0.4) is 0 Å². The van der Waals surface area contributed by atoms with Gasteiger partial charge in [-0.1, -0.05) is 60.5 Å². The van der Waals surface area contributed by atoms with Gasteiger partial charge in [0.1, 0.15) is 0 Å². The fourth-order valence-electron chi connectivity index (χ4n) is 4.93. The molecule has 1 aliphatic heterocycles. The molecule has 31 heavy (non-hydrogen) atoms. The van der Waals surface area contributed by atoms with E-state index in [1.54, 1.807) is 0 Å². The third-order valence-corrected chi connectivity index (χ3v) is 6.51. The number of amides is 2. The molecule has 2 aromatic carbocycles. The number of rotatable bonds is 10. The fraction of sp³-hybridized carbons (Fsp3) is 0.520. The fourth-order valence-corrected chi connectivity index (χ4v) is 5.32. The monoisotopic (exact) mass is 552 g/mol. The third kappa shape index (κ3) is 6.17. The minimum Gasteiger partial charge on any atom is -1.00 e. The Morgan fingerprint density at radius 3 is 2.00 bits per heavy atom. The topological polar surface area (TPSA) is 37.4 Å². The number of hydrogen-bond acceptors (Lipinski definition) is 2. The zero-order chi connectivity index (χ0) is 21.9. The van der Waals surface area contributed by atoms with E-state index in [4.69, 9.17) is 0 Å². The molecule has 0 fully saturated rings. The minimum absolute atomic E-state index is 0. The average Bonchev–Trinajstić information content (AvgIpc) is 2.68. The number of hydrogen-bond donors (Lipinski definition) is 0. The van der Waals surface area contributed by atoms with Crippen LogP contribution in [0.15, 0.2) is 36.4 Å². The second-order valence-corrected chi connectivity index (χ2v) is 10.8. The van der Waals surface area contributed by atoms with Crippen molar-refractivity contribution >= 4 is 38.5 Å². The first-order chi connectivity index (χ1) is 14.2. The van der Waals surface area contributed by atoms with E-state index >= 15 is 0 Å². The van der Waals surface area contributed by atoms with Crippen molar-refractivity contribution in [2.75, 3.05) is 39.1 Å². The normalized spacial score (nSPS) is 14.2. The zero-order valence-corrected chi connectivity index (χ0v) is 22.3. The summed E-state index contributed by atoms with van der Waals surface area (Å²) in [5.74, 6) is -0.338. The standard InChI is InChI=1S/C25H34BrN2O2.BrH/c1-25(2,18-28(3,4)16-8-6-5-7-15-26)17-27-23(29)20-13-9-11-19-12-10-14-21(22(19)20)24(27)30;/h9-14H,5-8,15-18H2,1-4H3;1H/q+1;/p-1. The Labute approximate surface area is 205 Å². The van der Waals surface area contributed by atoms with Crippen LogP contribution in [0, 0.1) is 5.41 Å². The van der Waals surface area contributed by atoms with Gasteiger partial charge in [-0.2, -0.15) is 0 Å². The number of halogens is 2. The van der Waals surface area contributed by atoms with E-state index < -0.39 is 0 Å². The SMILES string of the molecule is CC(C)(CN1C(=O)c2cccc3cccc(c23)C1=O)C[N+](C)(C)CCCCCCBr.[Br-]. The smallest absolute Gasteiger partial charge is 0.261 e. The Hall–Kier alpha value is -1.24. The van der Waals surface area contributed by atoms with Gasteiger partial charge in [0.15, 0.2) is 0 Å². The average molecular weight is 554 g/mol. The van der Waals surface area contributed by atoms with E-state index in [-0.39, 0.29) is 34.2 Å². The van der Waals surface area contributed by atoms with Crippen molar-refractivity contribution < 1.29 is 31.1 Å². The van der Waals surface area contributed by atoms with E-state index in [0.29, 0.717) is 17.7 Å². The van der Waals surface area contributed by atoms with Crippen molar-refractivity contribution in [1.82, 2.24) is 4.90 Å². The molecule has 0 spiro atoms. The summed E-state index contributed by atoms with van der Waals surface area (Å²) in [5, 5.41) is 2.82. The van der Waals surface area contributed by atoms with Crippen molar-refractivity contribution in [3.05, 3.63) is 47.5 Å². The summed E-state index contributed by atoms with van der Waals surface area (Å²) in [6.07, 6.45) is 4.94. The molecule has 0 saturated heterocycles. The first-order valence-electron chi connectivity index (χ1n) is 10.9. The van der Waals surface area contributed by atoms with Gasteiger partial charge < -0.3 is 21.5 Å². The Morgan fingerprint density at radius 1 is 0.903 bits per heavy atom. The van der Waals surface area contributed by atoms with Crippen LogP contribution in [0.4, 0.5) is 0 Å². The van der Waals surface area contributed by atoms with E-state index in [2.05, 4.69) is 43.9 Å². The van der Waals surface area contributed by atoms with E-state index in [1.807, 2.05) is 36.4 Å². The van der Waals surface area contributed by atoms with Crippen molar-refractivity contribution in [3.63, 3.8) is 0 Å². The number of alkyl halides is 1. The van der Waals surface area contributed by atoms with Gasteiger partial charge in [0.05, 0.1) is 27.2 Å². The molecule has 0 N–H and O–H groups in total. The molecule has 4 nitrogen and oxygen atoms in total. The van der Waals surface area contributed by atoms with E-state index in [9.17, 15) is 9.59 Å². The predicted octanol–water partition coefficient (Wildman–Crippen LogP) is 2.50. The maximum absolute atomic E-state index is 13.2. The Morgan fingerprint density at radius 2 is 1.45 bits per heavy atom. The highest BCUT2D eigenvalue weighted by Crippen LogP contribution is 2.32. The lowest BCUT2D eigenvalue weighted by molar-refractivity contribution is -0.896. The molecule has 170 valence electrons. The second kappa shape index (κ2) is 10.6. The van der Waals surface area contributed by atoms with Crippen LogP contribution in [0.2, 0.25) is 0 Å². The number of nitrogens with zero attached hydrogens (tertiary/aromatic N) is 2. The van der Waals surface area contributed by atoms with E-state index in [0.717, 1.165) is 33.7 Å². The van der Waals surface area contributed by atoms with Crippen molar-refractivity contribution in [2.45, 2.75) is 39.5 Å². The first-order valence-corrected chi connectivity index (χ1v) is 12.0. The van der Waals surface area contributed by atoms with Gasteiger partial charge in [-0.3, -0.25) is 14.5 Å². The summed E-state index contributed by atoms with van der Waals surface area (Å²) in [7, 11) is 4.50. The predicted molar refractivity (Wildman–Crippen MR) is 127 cm³/mol. The van der Waals surface area contributed by atoms with Gasteiger partial charge in [0.2, 0.25) is 0 Å². The number of carbonyl (C=O) groups is 2. The van der Waals surface area contributed by atoms with Crippen LogP contribution in [0.25, 0.3) is 10.8 Å². The molecule has 0 bridgehead atoms. The molecule has 1 aliphatic rings. The van der Waals surface area contributed by atoms with Crippen LogP contribution in [0.5, 0.6) is 0 Å². The van der Waals surface area contributed by atoms with E-state index in [1.165, 1.54) is 30.6 Å². The van der Waals surface area contributed by atoms with Crippen molar-refractivity contribution in [1.29, 1.82) is 0 Å². The van der Waals surface area contributed by atoms with Gasteiger partial charge in [0.25, 0.3) is 11.8 Å². The lowest BCUT2D eigenvalue weighted by Gasteiger charge is -2.40. The molecule has 0 saturated carbocycles. The number of imide groups is 1. The highest BCUT2D eigenvalue weighted by Gasteiger charge is 2.38. The summed E-state index contributed by atoms with van der Waals surface area (Å²) in [6, 6.07) is 11.4. The number of unbranched alkanes of at least 4 members (excludes halogenated alkanes) is 3. The summed E-state index contributed by atoms with van der Waals surface area (Å²) in [4.78, 5) is 27.9. The highest BCUT2D eigenvalue weighted by atomic mass is 79.9. The van der Waals surface area contributed by atoms with Gasteiger partial charge >= 0.3 is 0 Å². The molecule has 0 unspecified atom stereocenters. The van der Waals surface area contributed by atoms with Crippen LogP contribution in [0.1, 0.15) is 60.2 Å². The quantitative estimate of drug-likeness (QED) is 0.196. The molecule has 0 radical (unpaired) electrons. The van der Waals surface area contributed by atoms with Gasteiger partial charge in [-0.05, 0) is 36.8 Å². The second-order valence-electron chi connectivity index (χ2n) is 9.99. The zero-order valence-electron chi connectivity index (χ0n) is 19.1. The van der Waals surface area contributed by atoms with Gasteiger partial charge in [-0.15, -0.1) is 0 Å². The van der Waals surface area contributed by atoms with Gasteiger partial charge in [0, 0.05) is 33.8 Å². The van der Waals surface area contributed by atoms with Crippen LogP contribution < -0.4 is 17.0 Å². The van der Waals surface area contributed by atoms with Crippen LogP contribution >= 0.6 is 15.9 Å². The van der Waals surface area contributed by atoms with Crippen molar-refractivity contribution in [3.8, 4) is 0 Å². The number of benzene rings is 2. The maximum Gasteiger partial charge on any atom is 0.261 e. The largest absolute Gasteiger partial charge is 1.00 e. The molecule has 6 heteroatoms. The lowest BCUT2D eigenvalue weighted by Crippen LogP contribution is -3.00. The Balaban J connectivity index is 0.00000341. The molecule has 2 amide bonds. The molecular weight excluding hydrogens is 520 g/mol. The molecule has 3 rings (SSSR count). The Bertz CT molecular complexity index is 890. The van der Waals surface area contributed by atoms with Crippen molar-refractivity contribution in [2.24, 2.45) is 5.41 Å². The highest BCUT2D eigenvalue weighted by molar-refractivity contribution is 9.09. The van der Waals surface area contributed by atoms with Crippen LogP contribution in [-0.2, 0) is 0 Å². The summed E-state index contributed by atoms with van der Waals surface area (Å²) < 4.78 is 0.893.